The van der Waals surface area contributed by atoms with Crippen molar-refractivity contribution < 1.29 is 23.0 Å². The summed E-state index contributed by atoms with van der Waals surface area (Å²) < 4.78 is 36.7. The molecule has 0 radical (unpaired) electrons. The number of aryl methyl sites for hydroxylation is 1. The highest BCUT2D eigenvalue weighted by atomic mass is 35.5. The molecule has 0 unspecified atom stereocenters. The predicted molar refractivity (Wildman–Crippen MR) is 114 cm³/mol. The van der Waals surface area contributed by atoms with Crippen LogP contribution in [0.15, 0.2) is 42.5 Å². The van der Waals surface area contributed by atoms with Gasteiger partial charge >= 0.3 is 6.61 Å². The lowest BCUT2D eigenvalue weighted by Gasteiger charge is -2.13. The number of hydrogen-bond acceptors (Lipinski definition) is 4. The molecule has 3 aromatic rings. The molecule has 31 heavy (non-hydrogen) atoms. The largest absolute Gasteiger partial charge is 0.490 e. The number of nitrogens with one attached hydrogen (secondary N) is 1. The van der Waals surface area contributed by atoms with Crippen LogP contribution in [0.3, 0.4) is 0 Å². The van der Waals surface area contributed by atoms with Gasteiger partial charge in [-0.15, -0.1) is 0 Å². The molecule has 0 aliphatic heterocycles. The van der Waals surface area contributed by atoms with Gasteiger partial charge in [0, 0.05) is 17.3 Å². The van der Waals surface area contributed by atoms with Crippen molar-refractivity contribution in [3.05, 3.63) is 70.0 Å². The Kier molecular flexibility index (Phi) is 7.12. The number of halogens is 3. The Morgan fingerprint density at radius 2 is 1.97 bits per heavy atom. The van der Waals surface area contributed by atoms with Crippen LogP contribution in [0.5, 0.6) is 11.5 Å². The maximum atomic E-state index is 12.7. The van der Waals surface area contributed by atoms with Crippen LogP contribution in [0.25, 0.3) is 0 Å². The summed E-state index contributed by atoms with van der Waals surface area (Å²) in [5.41, 5.74) is 3.31. The predicted octanol–water partition coefficient (Wildman–Crippen LogP) is 5.45. The Morgan fingerprint density at radius 1 is 1.19 bits per heavy atom. The monoisotopic (exact) mass is 449 g/mol. The quantitative estimate of drug-likeness (QED) is 0.496. The standard InChI is InChI=1S/C22H22ClF2N3O3/c1-4-30-19-11-17(8-9-18(19)31-22(24)25)26-21(29)16-7-5-6-15(10-16)12-28-14(3)20(23)13(2)27-28/h5-11,22H,4,12H2,1-3H3,(H,26,29). The first kappa shape index (κ1) is 22.6. The molecule has 1 aromatic heterocycles. The number of carbonyl (C=O) groups excluding carboxylic acids is 1. The smallest absolute Gasteiger partial charge is 0.387 e. The number of alkyl halides is 2. The second kappa shape index (κ2) is 9.78. The van der Waals surface area contributed by atoms with Gasteiger partial charge in [0.1, 0.15) is 0 Å². The van der Waals surface area contributed by atoms with E-state index in [0.29, 0.717) is 22.8 Å². The van der Waals surface area contributed by atoms with E-state index in [0.717, 1.165) is 17.0 Å². The van der Waals surface area contributed by atoms with Crippen LogP contribution in [0.1, 0.15) is 34.2 Å². The third-order valence-electron chi connectivity index (χ3n) is 4.53. The van der Waals surface area contributed by atoms with E-state index in [2.05, 4.69) is 15.2 Å². The molecule has 1 amide bonds. The maximum Gasteiger partial charge on any atom is 0.387 e. The highest BCUT2D eigenvalue weighted by molar-refractivity contribution is 6.31. The lowest BCUT2D eigenvalue weighted by molar-refractivity contribution is -0.0514. The van der Waals surface area contributed by atoms with Gasteiger partial charge in [0.15, 0.2) is 11.5 Å². The summed E-state index contributed by atoms with van der Waals surface area (Å²) in [4.78, 5) is 12.7. The summed E-state index contributed by atoms with van der Waals surface area (Å²) in [7, 11) is 0. The van der Waals surface area contributed by atoms with Crippen molar-refractivity contribution in [1.82, 2.24) is 9.78 Å². The Labute approximate surface area is 183 Å². The number of carbonyl (C=O) groups is 1. The van der Waals surface area contributed by atoms with Crippen LogP contribution >= 0.6 is 11.6 Å². The Balaban J connectivity index is 1.77. The number of rotatable bonds is 8. The number of aromatic nitrogens is 2. The summed E-state index contributed by atoms with van der Waals surface area (Å²) >= 11 is 6.20. The molecule has 0 saturated heterocycles. The molecule has 164 valence electrons. The summed E-state index contributed by atoms with van der Waals surface area (Å²) in [5.74, 6) is -0.325. The van der Waals surface area contributed by atoms with Gasteiger partial charge in [-0.1, -0.05) is 23.7 Å². The van der Waals surface area contributed by atoms with Gasteiger partial charge in [-0.3, -0.25) is 9.48 Å². The van der Waals surface area contributed by atoms with Crippen molar-refractivity contribution in [3.63, 3.8) is 0 Å². The van der Waals surface area contributed by atoms with E-state index in [4.69, 9.17) is 16.3 Å². The van der Waals surface area contributed by atoms with E-state index < -0.39 is 6.61 Å². The number of hydrogen-bond donors (Lipinski definition) is 1. The van der Waals surface area contributed by atoms with E-state index in [1.165, 1.54) is 18.2 Å². The molecule has 0 aliphatic carbocycles. The van der Waals surface area contributed by atoms with Gasteiger partial charge in [0.05, 0.1) is 29.6 Å². The highest BCUT2D eigenvalue weighted by Crippen LogP contribution is 2.32. The highest BCUT2D eigenvalue weighted by Gasteiger charge is 2.14. The minimum atomic E-state index is -2.97. The van der Waals surface area contributed by atoms with Crippen LogP contribution in [0, 0.1) is 13.8 Å². The van der Waals surface area contributed by atoms with Gasteiger partial charge in [0.2, 0.25) is 0 Å². The van der Waals surface area contributed by atoms with Crippen molar-refractivity contribution in [3.8, 4) is 11.5 Å². The van der Waals surface area contributed by atoms with E-state index in [1.54, 1.807) is 29.8 Å². The number of amides is 1. The second-order valence-corrected chi connectivity index (χ2v) is 7.15. The van der Waals surface area contributed by atoms with E-state index in [9.17, 15) is 13.6 Å². The van der Waals surface area contributed by atoms with Crippen LogP contribution < -0.4 is 14.8 Å². The zero-order chi connectivity index (χ0) is 22.5. The topological polar surface area (TPSA) is 65.4 Å². The molecule has 0 bridgehead atoms. The van der Waals surface area contributed by atoms with Crippen molar-refractivity contribution >= 4 is 23.2 Å². The molecular formula is C22H22ClF2N3O3. The van der Waals surface area contributed by atoms with Gasteiger partial charge in [-0.2, -0.15) is 13.9 Å². The van der Waals surface area contributed by atoms with Crippen LogP contribution in [0.2, 0.25) is 5.02 Å². The molecule has 0 spiro atoms. The zero-order valence-corrected chi connectivity index (χ0v) is 18.0. The summed E-state index contributed by atoms with van der Waals surface area (Å²) in [6, 6.07) is 11.4. The maximum absolute atomic E-state index is 12.7. The third-order valence-corrected chi connectivity index (χ3v) is 5.08. The van der Waals surface area contributed by atoms with Gasteiger partial charge in [0.25, 0.3) is 5.91 Å². The fraction of sp³-hybridized carbons (Fsp3) is 0.273. The lowest BCUT2D eigenvalue weighted by atomic mass is 10.1. The first-order chi connectivity index (χ1) is 14.8. The summed E-state index contributed by atoms with van der Waals surface area (Å²) in [6.07, 6.45) is 0. The molecule has 0 fully saturated rings. The molecule has 2 aromatic carbocycles. The first-order valence-corrected chi connectivity index (χ1v) is 9.97. The number of nitrogens with zero attached hydrogens (tertiary/aromatic N) is 2. The minimum absolute atomic E-state index is 0.0969. The number of anilines is 1. The van der Waals surface area contributed by atoms with Crippen LogP contribution in [-0.4, -0.2) is 28.9 Å². The Hall–Kier alpha value is -3.13. The fourth-order valence-corrected chi connectivity index (χ4v) is 3.20. The van der Waals surface area contributed by atoms with E-state index >= 15 is 0 Å². The van der Waals surface area contributed by atoms with Gasteiger partial charge in [-0.25, -0.2) is 0 Å². The molecule has 1 heterocycles. The van der Waals surface area contributed by atoms with Crippen molar-refractivity contribution in [2.75, 3.05) is 11.9 Å². The first-order valence-electron chi connectivity index (χ1n) is 9.60. The van der Waals surface area contributed by atoms with Gasteiger partial charge < -0.3 is 14.8 Å². The van der Waals surface area contributed by atoms with Crippen molar-refractivity contribution in [1.29, 1.82) is 0 Å². The molecule has 1 N–H and O–H groups in total. The van der Waals surface area contributed by atoms with E-state index in [1.807, 2.05) is 19.9 Å². The third kappa shape index (κ3) is 5.52. The van der Waals surface area contributed by atoms with E-state index in [-0.39, 0.29) is 24.0 Å². The molecule has 3 rings (SSSR count). The van der Waals surface area contributed by atoms with Crippen molar-refractivity contribution in [2.45, 2.75) is 33.9 Å². The molecular weight excluding hydrogens is 428 g/mol. The Morgan fingerprint density at radius 3 is 2.61 bits per heavy atom. The SMILES string of the molecule is CCOc1cc(NC(=O)c2cccc(Cn3nc(C)c(Cl)c3C)c2)ccc1OC(F)F. The van der Waals surface area contributed by atoms with Crippen LogP contribution in [-0.2, 0) is 6.54 Å². The zero-order valence-electron chi connectivity index (χ0n) is 17.3. The summed E-state index contributed by atoms with van der Waals surface area (Å²) in [5, 5.41) is 7.78. The Bertz CT molecular complexity index is 1090. The normalized spacial score (nSPS) is 10.9. The molecule has 0 saturated carbocycles. The molecule has 6 nitrogen and oxygen atoms in total. The minimum Gasteiger partial charge on any atom is -0.490 e. The van der Waals surface area contributed by atoms with Crippen molar-refractivity contribution in [2.24, 2.45) is 0 Å². The second-order valence-electron chi connectivity index (χ2n) is 6.77. The number of ether oxygens (including phenoxy) is 2. The average molecular weight is 450 g/mol. The lowest BCUT2D eigenvalue weighted by Crippen LogP contribution is -2.13. The fourth-order valence-electron chi connectivity index (χ4n) is 3.06. The molecule has 0 atom stereocenters. The number of benzene rings is 2. The average Bonchev–Trinajstić information content (AvgIpc) is 2.96. The molecule has 0 aliphatic rings. The summed E-state index contributed by atoms with van der Waals surface area (Å²) in [6.45, 7) is 3.20. The van der Waals surface area contributed by atoms with Gasteiger partial charge in [-0.05, 0) is 50.6 Å². The van der Waals surface area contributed by atoms with Crippen LogP contribution in [0.4, 0.5) is 14.5 Å². The molecule has 9 heteroatoms.